The maximum Gasteiger partial charge on any atom is 0.316 e. The van der Waals surface area contributed by atoms with Gasteiger partial charge in [-0.2, -0.15) is 0 Å². The first kappa shape index (κ1) is 14.5. The molecular formula is C12H20N2O4. The van der Waals surface area contributed by atoms with Crippen LogP contribution in [0.2, 0.25) is 0 Å². The molecule has 0 aromatic heterocycles. The van der Waals surface area contributed by atoms with Gasteiger partial charge in [0.1, 0.15) is 12.0 Å². The lowest BCUT2D eigenvalue weighted by atomic mass is 9.79. The summed E-state index contributed by atoms with van der Waals surface area (Å²) in [6, 6.07) is -0.665. The molecule has 2 unspecified atom stereocenters. The van der Waals surface area contributed by atoms with E-state index in [1.807, 2.05) is 0 Å². The molecule has 0 bridgehead atoms. The minimum absolute atomic E-state index is 0.395. The van der Waals surface area contributed by atoms with E-state index >= 15 is 0 Å². The predicted octanol–water partition coefficient (Wildman–Crippen LogP) is 0.210. The highest BCUT2D eigenvalue weighted by molar-refractivity contribution is 5.99. The molecule has 0 radical (unpaired) electrons. The standard InChI is InChI=1S/C12H20N2O4/c1-12(2,3)8(11(17)18)10(16)14-6-4-5-7(14)9(13)15/h7-8H,4-6H2,1-3H3,(H2,13,15)(H,17,18). The second-order valence-corrected chi connectivity index (χ2v) is 5.73. The SMILES string of the molecule is CC(C)(C)C(C(=O)O)C(=O)N1CCCC1C(N)=O. The number of carbonyl (C=O) groups excluding carboxylic acids is 2. The van der Waals surface area contributed by atoms with E-state index in [4.69, 9.17) is 5.73 Å². The molecule has 0 spiro atoms. The Kier molecular flexibility index (Phi) is 3.98. The molecule has 2 atom stereocenters. The molecule has 6 nitrogen and oxygen atoms in total. The summed E-state index contributed by atoms with van der Waals surface area (Å²) in [6.07, 6.45) is 1.19. The third-order valence-electron chi connectivity index (χ3n) is 3.22. The quantitative estimate of drug-likeness (QED) is 0.705. The average Bonchev–Trinajstić information content (AvgIpc) is 2.61. The van der Waals surface area contributed by atoms with Gasteiger partial charge in [0.15, 0.2) is 0 Å². The number of rotatable bonds is 3. The fourth-order valence-electron chi connectivity index (χ4n) is 2.34. The number of likely N-dealkylation sites (tertiary alicyclic amines) is 1. The highest BCUT2D eigenvalue weighted by Gasteiger charge is 2.44. The van der Waals surface area contributed by atoms with E-state index in [-0.39, 0.29) is 0 Å². The zero-order chi connectivity index (χ0) is 14.1. The monoisotopic (exact) mass is 256 g/mol. The van der Waals surface area contributed by atoms with Crippen molar-refractivity contribution in [2.24, 2.45) is 17.1 Å². The largest absolute Gasteiger partial charge is 0.481 e. The highest BCUT2D eigenvalue weighted by Crippen LogP contribution is 2.30. The van der Waals surface area contributed by atoms with Crippen molar-refractivity contribution in [1.82, 2.24) is 4.90 Å². The van der Waals surface area contributed by atoms with Crippen LogP contribution >= 0.6 is 0 Å². The third-order valence-corrected chi connectivity index (χ3v) is 3.22. The molecule has 2 amide bonds. The van der Waals surface area contributed by atoms with Crippen LogP contribution in [0.4, 0.5) is 0 Å². The molecule has 0 saturated carbocycles. The minimum atomic E-state index is -1.16. The Morgan fingerprint density at radius 3 is 2.28 bits per heavy atom. The molecule has 1 fully saturated rings. The van der Waals surface area contributed by atoms with Gasteiger partial charge in [0.2, 0.25) is 11.8 Å². The van der Waals surface area contributed by atoms with E-state index in [0.717, 1.165) is 0 Å². The van der Waals surface area contributed by atoms with E-state index in [1.54, 1.807) is 20.8 Å². The van der Waals surface area contributed by atoms with Gasteiger partial charge in [-0.15, -0.1) is 0 Å². The van der Waals surface area contributed by atoms with E-state index in [2.05, 4.69) is 0 Å². The first-order chi connectivity index (χ1) is 8.16. The van der Waals surface area contributed by atoms with Crippen molar-refractivity contribution in [3.05, 3.63) is 0 Å². The van der Waals surface area contributed by atoms with Crippen LogP contribution in [0.25, 0.3) is 0 Å². The van der Waals surface area contributed by atoms with Crippen LogP contribution in [-0.4, -0.2) is 40.4 Å². The van der Waals surface area contributed by atoms with Gasteiger partial charge in [0.25, 0.3) is 0 Å². The summed E-state index contributed by atoms with van der Waals surface area (Å²) >= 11 is 0. The van der Waals surface area contributed by atoms with Crippen LogP contribution < -0.4 is 5.73 Å². The van der Waals surface area contributed by atoms with Crippen LogP contribution in [0.3, 0.4) is 0 Å². The van der Waals surface area contributed by atoms with Gasteiger partial charge in [-0.25, -0.2) is 0 Å². The fraction of sp³-hybridized carbons (Fsp3) is 0.750. The van der Waals surface area contributed by atoms with Crippen LogP contribution in [0.1, 0.15) is 33.6 Å². The van der Waals surface area contributed by atoms with Crippen molar-refractivity contribution in [2.75, 3.05) is 6.54 Å². The lowest BCUT2D eigenvalue weighted by Gasteiger charge is -2.31. The number of hydrogen-bond acceptors (Lipinski definition) is 3. The third kappa shape index (κ3) is 2.80. The molecular weight excluding hydrogens is 236 g/mol. The Morgan fingerprint density at radius 1 is 1.33 bits per heavy atom. The van der Waals surface area contributed by atoms with Gasteiger partial charge in [0, 0.05) is 6.54 Å². The van der Waals surface area contributed by atoms with Crippen LogP contribution in [0.5, 0.6) is 0 Å². The van der Waals surface area contributed by atoms with Crippen molar-refractivity contribution in [1.29, 1.82) is 0 Å². The number of aliphatic carboxylic acids is 1. The number of hydrogen-bond donors (Lipinski definition) is 2. The Balaban J connectivity index is 2.97. The first-order valence-corrected chi connectivity index (χ1v) is 5.99. The van der Waals surface area contributed by atoms with Gasteiger partial charge >= 0.3 is 5.97 Å². The molecule has 1 saturated heterocycles. The number of carboxylic acids is 1. The predicted molar refractivity (Wildman–Crippen MR) is 64.5 cm³/mol. The molecule has 6 heteroatoms. The van der Waals surface area contributed by atoms with Gasteiger partial charge in [-0.3, -0.25) is 14.4 Å². The Bertz CT molecular complexity index is 373. The minimum Gasteiger partial charge on any atom is -0.481 e. The molecule has 0 aromatic rings. The normalized spacial score (nSPS) is 21.7. The lowest BCUT2D eigenvalue weighted by Crippen LogP contribution is -2.50. The summed E-state index contributed by atoms with van der Waals surface area (Å²) in [7, 11) is 0. The summed E-state index contributed by atoms with van der Waals surface area (Å²) in [5, 5.41) is 9.20. The molecule has 0 aromatic carbocycles. The van der Waals surface area contributed by atoms with Crippen LogP contribution in [0, 0.1) is 11.3 Å². The second-order valence-electron chi connectivity index (χ2n) is 5.73. The maximum atomic E-state index is 12.3. The maximum absolute atomic E-state index is 12.3. The highest BCUT2D eigenvalue weighted by atomic mass is 16.4. The smallest absolute Gasteiger partial charge is 0.316 e. The molecule has 1 heterocycles. The topological polar surface area (TPSA) is 101 Å². The molecule has 18 heavy (non-hydrogen) atoms. The number of nitrogens with two attached hydrogens (primary N) is 1. The molecule has 102 valence electrons. The molecule has 1 rings (SSSR count). The molecule has 0 aliphatic carbocycles. The lowest BCUT2D eigenvalue weighted by molar-refractivity contribution is -0.157. The zero-order valence-electron chi connectivity index (χ0n) is 11.0. The van der Waals surface area contributed by atoms with Gasteiger partial charge < -0.3 is 15.7 Å². The van der Waals surface area contributed by atoms with Crippen molar-refractivity contribution in [3.8, 4) is 0 Å². The summed E-state index contributed by atoms with van der Waals surface area (Å²) < 4.78 is 0. The van der Waals surface area contributed by atoms with E-state index in [1.165, 1.54) is 4.90 Å². The van der Waals surface area contributed by atoms with Crippen molar-refractivity contribution in [2.45, 2.75) is 39.7 Å². The average molecular weight is 256 g/mol. The molecule has 3 N–H and O–H groups in total. The van der Waals surface area contributed by atoms with Crippen molar-refractivity contribution < 1.29 is 19.5 Å². The Hall–Kier alpha value is -1.59. The zero-order valence-corrected chi connectivity index (χ0v) is 11.0. The molecule has 1 aliphatic rings. The summed E-state index contributed by atoms with van der Waals surface area (Å²) in [4.78, 5) is 36.1. The number of primary amides is 1. The number of nitrogens with zero attached hydrogens (tertiary/aromatic N) is 1. The Morgan fingerprint density at radius 2 is 1.89 bits per heavy atom. The van der Waals surface area contributed by atoms with E-state index in [0.29, 0.717) is 19.4 Å². The number of carboxylic acid groups (broad SMARTS) is 1. The van der Waals surface area contributed by atoms with Crippen molar-refractivity contribution in [3.63, 3.8) is 0 Å². The Labute approximate surface area is 106 Å². The number of amides is 2. The molecule has 1 aliphatic heterocycles. The van der Waals surface area contributed by atoms with Gasteiger partial charge in [0.05, 0.1) is 0 Å². The van der Waals surface area contributed by atoms with Crippen molar-refractivity contribution >= 4 is 17.8 Å². The summed E-state index contributed by atoms with van der Waals surface area (Å²) in [5.74, 6) is -3.41. The van der Waals surface area contributed by atoms with Crippen LogP contribution in [0.15, 0.2) is 0 Å². The van der Waals surface area contributed by atoms with E-state index < -0.39 is 35.2 Å². The number of carbonyl (C=O) groups is 3. The van der Waals surface area contributed by atoms with Crippen LogP contribution in [-0.2, 0) is 14.4 Å². The first-order valence-electron chi connectivity index (χ1n) is 5.99. The van der Waals surface area contributed by atoms with Gasteiger partial charge in [-0.1, -0.05) is 20.8 Å². The summed E-state index contributed by atoms with van der Waals surface area (Å²) in [6.45, 7) is 5.48. The second kappa shape index (κ2) is 4.96. The van der Waals surface area contributed by atoms with E-state index in [9.17, 15) is 19.5 Å². The summed E-state index contributed by atoms with van der Waals surface area (Å²) in [5.41, 5.74) is 4.53. The van der Waals surface area contributed by atoms with Gasteiger partial charge in [-0.05, 0) is 18.3 Å². The fourth-order valence-corrected chi connectivity index (χ4v) is 2.34.